The first-order chi connectivity index (χ1) is 17.7. The standard InChI is InChI=1S/C26H26FN3O7/c1-36-16-4-5-17(22(31)10-16)23(32)13-28-6-8-29(9-7-28)21-12-20-18(11-19(21)27)25(33)24(37-26(34)35)14-30(20)15-2-3-15/h4-5,10-12,14-15,31H,2-3,6-9,13H2,1H3,(H,34,35). The smallest absolute Gasteiger partial charge is 0.507 e. The maximum absolute atomic E-state index is 15.2. The van der Waals surface area contributed by atoms with E-state index in [2.05, 4.69) is 4.74 Å². The van der Waals surface area contributed by atoms with Crippen molar-refractivity contribution >= 4 is 28.5 Å². The molecule has 1 saturated carbocycles. The van der Waals surface area contributed by atoms with Gasteiger partial charge in [0.25, 0.3) is 0 Å². The van der Waals surface area contributed by atoms with Crippen LogP contribution in [0, 0.1) is 5.82 Å². The number of ketones is 1. The number of methoxy groups -OCH3 is 1. The van der Waals surface area contributed by atoms with E-state index in [1.165, 1.54) is 25.4 Å². The third-order valence-electron chi connectivity index (χ3n) is 6.79. The lowest BCUT2D eigenvalue weighted by molar-refractivity contribution is 0.0923. The molecule has 1 aliphatic carbocycles. The molecule has 2 aromatic carbocycles. The van der Waals surface area contributed by atoms with Crippen LogP contribution in [0.1, 0.15) is 29.2 Å². The van der Waals surface area contributed by atoms with Gasteiger partial charge in [-0.3, -0.25) is 14.5 Å². The maximum Gasteiger partial charge on any atom is 0.511 e. The van der Waals surface area contributed by atoms with Gasteiger partial charge in [-0.2, -0.15) is 0 Å². The summed E-state index contributed by atoms with van der Waals surface area (Å²) in [5.74, 6) is -0.844. The zero-order chi connectivity index (χ0) is 26.3. The number of anilines is 1. The number of piperazine rings is 1. The number of carbonyl (C=O) groups excluding carboxylic acids is 1. The minimum Gasteiger partial charge on any atom is -0.507 e. The number of phenolic OH excluding ortho intramolecular Hbond substituents is 1. The van der Waals surface area contributed by atoms with Crippen LogP contribution in [-0.4, -0.2) is 71.5 Å². The molecule has 0 spiro atoms. The van der Waals surface area contributed by atoms with Gasteiger partial charge in [0, 0.05) is 38.3 Å². The Morgan fingerprint density at radius 2 is 1.84 bits per heavy atom. The number of hydrogen-bond acceptors (Lipinski definition) is 8. The van der Waals surface area contributed by atoms with Crippen molar-refractivity contribution in [1.29, 1.82) is 0 Å². The van der Waals surface area contributed by atoms with E-state index in [0.717, 1.165) is 18.9 Å². The largest absolute Gasteiger partial charge is 0.511 e. The topological polar surface area (TPSA) is 122 Å². The van der Waals surface area contributed by atoms with Gasteiger partial charge in [0.05, 0.1) is 42.0 Å². The van der Waals surface area contributed by atoms with Crippen LogP contribution in [0.25, 0.3) is 10.9 Å². The molecule has 2 heterocycles. The van der Waals surface area contributed by atoms with Gasteiger partial charge in [-0.05, 0) is 37.1 Å². The first-order valence-electron chi connectivity index (χ1n) is 11.9. The van der Waals surface area contributed by atoms with Gasteiger partial charge in [0.1, 0.15) is 17.3 Å². The summed E-state index contributed by atoms with van der Waals surface area (Å²) in [7, 11) is 1.48. The van der Waals surface area contributed by atoms with E-state index in [-0.39, 0.29) is 40.8 Å². The summed E-state index contributed by atoms with van der Waals surface area (Å²) in [4.78, 5) is 40.3. The Labute approximate surface area is 211 Å². The van der Waals surface area contributed by atoms with Crippen molar-refractivity contribution in [2.75, 3.05) is 44.7 Å². The number of carbonyl (C=O) groups is 2. The molecule has 2 N–H and O–H groups in total. The quantitative estimate of drug-likeness (QED) is 0.364. The number of benzene rings is 2. The average molecular weight is 512 g/mol. The Hall–Kier alpha value is -4.12. The summed E-state index contributed by atoms with van der Waals surface area (Å²) in [6, 6.07) is 7.41. The van der Waals surface area contributed by atoms with Crippen LogP contribution < -0.4 is 19.8 Å². The van der Waals surface area contributed by atoms with Gasteiger partial charge in [-0.15, -0.1) is 0 Å². The number of rotatable bonds is 7. The van der Waals surface area contributed by atoms with Crippen molar-refractivity contribution in [2.45, 2.75) is 18.9 Å². The van der Waals surface area contributed by atoms with Crippen LogP contribution in [0.2, 0.25) is 0 Å². The van der Waals surface area contributed by atoms with E-state index < -0.39 is 17.4 Å². The van der Waals surface area contributed by atoms with Gasteiger partial charge < -0.3 is 29.2 Å². The summed E-state index contributed by atoms with van der Waals surface area (Å²) < 4.78 is 26.7. The molecule has 1 saturated heterocycles. The Morgan fingerprint density at radius 1 is 1.11 bits per heavy atom. The van der Waals surface area contributed by atoms with Gasteiger partial charge in [0.15, 0.2) is 11.5 Å². The first-order valence-corrected chi connectivity index (χ1v) is 11.9. The molecule has 11 heteroatoms. The number of aromatic hydroxyl groups is 1. The molecule has 0 radical (unpaired) electrons. The molecule has 1 aromatic heterocycles. The fourth-order valence-corrected chi connectivity index (χ4v) is 4.71. The number of nitrogens with zero attached hydrogens (tertiary/aromatic N) is 3. The van der Waals surface area contributed by atoms with Crippen molar-refractivity contribution in [3.8, 4) is 17.2 Å². The van der Waals surface area contributed by atoms with Gasteiger partial charge in [0.2, 0.25) is 5.43 Å². The monoisotopic (exact) mass is 511 g/mol. The van der Waals surface area contributed by atoms with Crippen molar-refractivity contribution < 1.29 is 33.7 Å². The molecule has 1 aliphatic heterocycles. The maximum atomic E-state index is 15.2. The normalized spacial score (nSPS) is 16.1. The minimum atomic E-state index is -1.60. The number of halogens is 1. The number of Topliss-reactive ketones (excluding diaryl/α,β-unsaturated/α-hetero) is 1. The highest BCUT2D eigenvalue weighted by molar-refractivity contribution is 6.00. The molecule has 0 atom stereocenters. The second kappa shape index (κ2) is 9.74. The summed E-state index contributed by atoms with van der Waals surface area (Å²) in [6.45, 7) is 2.03. The summed E-state index contributed by atoms with van der Waals surface area (Å²) >= 11 is 0. The second-order valence-electron chi connectivity index (χ2n) is 9.22. The highest BCUT2D eigenvalue weighted by Gasteiger charge is 2.28. The molecule has 0 bridgehead atoms. The Balaban J connectivity index is 1.34. The summed E-state index contributed by atoms with van der Waals surface area (Å²) in [5, 5.41) is 19.2. The van der Waals surface area contributed by atoms with Crippen molar-refractivity contribution in [3.05, 3.63) is 58.1 Å². The van der Waals surface area contributed by atoms with Crippen molar-refractivity contribution in [2.24, 2.45) is 0 Å². The molecular formula is C26H26FN3O7. The van der Waals surface area contributed by atoms with E-state index in [1.807, 2.05) is 9.80 Å². The number of phenols is 1. The fourth-order valence-electron chi connectivity index (χ4n) is 4.71. The van der Waals surface area contributed by atoms with E-state index in [4.69, 9.17) is 9.84 Å². The predicted octanol–water partition coefficient (Wildman–Crippen LogP) is 3.25. The average Bonchev–Trinajstić information content (AvgIpc) is 3.71. The summed E-state index contributed by atoms with van der Waals surface area (Å²) in [6.07, 6.45) is 1.52. The lowest BCUT2D eigenvalue weighted by Gasteiger charge is -2.36. The number of ether oxygens (including phenoxy) is 2. The van der Waals surface area contributed by atoms with Crippen LogP contribution in [0.3, 0.4) is 0 Å². The zero-order valence-electron chi connectivity index (χ0n) is 20.1. The van der Waals surface area contributed by atoms with Gasteiger partial charge in [-0.25, -0.2) is 9.18 Å². The third kappa shape index (κ3) is 4.94. The minimum absolute atomic E-state index is 0.0652. The molecule has 2 fully saturated rings. The first kappa shape index (κ1) is 24.6. The Bertz CT molecular complexity index is 1440. The van der Waals surface area contributed by atoms with Gasteiger partial charge in [-0.1, -0.05) is 0 Å². The van der Waals surface area contributed by atoms with Gasteiger partial charge >= 0.3 is 6.16 Å². The lowest BCUT2D eigenvalue weighted by atomic mass is 10.1. The second-order valence-corrected chi connectivity index (χ2v) is 9.22. The van der Waals surface area contributed by atoms with Crippen LogP contribution in [-0.2, 0) is 0 Å². The number of hydrogen-bond donors (Lipinski definition) is 2. The molecule has 37 heavy (non-hydrogen) atoms. The summed E-state index contributed by atoms with van der Waals surface area (Å²) in [5.41, 5.74) is 0.402. The highest BCUT2D eigenvalue weighted by atomic mass is 19.1. The van der Waals surface area contributed by atoms with E-state index in [9.17, 15) is 19.5 Å². The predicted molar refractivity (Wildman–Crippen MR) is 133 cm³/mol. The van der Waals surface area contributed by atoms with E-state index >= 15 is 4.39 Å². The van der Waals surface area contributed by atoms with Crippen LogP contribution in [0.15, 0.2) is 41.3 Å². The van der Waals surface area contributed by atoms with Crippen molar-refractivity contribution in [1.82, 2.24) is 9.47 Å². The third-order valence-corrected chi connectivity index (χ3v) is 6.79. The molecule has 5 rings (SSSR count). The number of aromatic nitrogens is 1. The molecule has 0 unspecified atom stereocenters. The SMILES string of the molecule is COc1ccc(C(=O)CN2CCN(c3cc4c(cc3F)c(=O)c(OC(=O)O)cn4C3CC3)CC2)c(O)c1. The van der Waals surface area contributed by atoms with E-state index in [0.29, 0.717) is 43.1 Å². The molecule has 0 amide bonds. The number of carboxylic acid groups (broad SMARTS) is 1. The molecule has 194 valence electrons. The number of pyridine rings is 1. The molecular weight excluding hydrogens is 485 g/mol. The zero-order valence-corrected chi connectivity index (χ0v) is 20.1. The Kier molecular flexibility index (Phi) is 6.46. The van der Waals surface area contributed by atoms with E-state index in [1.54, 1.807) is 16.7 Å². The lowest BCUT2D eigenvalue weighted by Crippen LogP contribution is -2.48. The van der Waals surface area contributed by atoms with Crippen LogP contribution >= 0.6 is 0 Å². The number of fused-ring (bicyclic) bond motifs is 1. The van der Waals surface area contributed by atoms with Crippen molar-refractivity contribution in [3.63, 3.8) is 0 Å². The Morgan fingerprint density at radius 3 is 2.46 bits per heavy atom. The highest BCUT2D eigenvalue weighted by Crippen LogP contribution is 2.39. The molecule has 3 aromatic rings. The molecule has 2 aliphatic rings. The fraction of sp³-hybridized carbons (Fsp3) is 0.346. The van der Waals surface area contributed by atoms with Crippen LogP contribution in [0.5, 0.6) is 17.2 Å². The molecule has 10 nitrogen and oxygen atoms in total. The van der Waals surface area contributed by atoms with Crippen LogP contribution in [0.4, 0.5) is 14.9 Å².